The van der Waals surface area contributed by atoms with Crippen LogP contribution in [0.25, 0.3) is 0 Å². The molecule has 0 aliphatic rings. The van der Waals surface area contributed by atoms with E-state index in [0.29, 0.717) is 5.13 Å². The molecule has 7 heteroatoms. The molecule has 2 aromatic heterocycles. The molecule has 0 atom stereocenters. The summed E-state index contributed by atoms with van der Waals surface area (Å²) in [4.78, 5) is 26.3. The molecule has 0 fully saturated rings. The molecule has 0 aliphatic heterocycles. The molecule has 17 heavy (non-hydrogen) atoms. The van der Waals surface area contributed by atoms with Crippen molar-refractivity contribution in [2.45, 2.75) is 6.54 Å². The van der Waals surface area contributed by atoms with Gasteiger partial charge in [-0.25, -0.2) is 9.78 Å². The van der Waals surface area contributed by atoms with Crippen LogP contribution in [0.5, 0.6) is 0 Å². The van der Waals surface area contributed by atoms with Crippen LogP contribution in [0.3, 0.4) is 0 Å². The minimum Gasteiger partial charge on any atom is -0.477 e. The zero-order valence-corrected chi connectivity index (χ0v) is 9.48. The highest BCUT2D eigenvalue weighted by Gasteiger charge is 2.12. The van der Waals surface area contributed by atoms with E-state index in [1.807, 2.05) is 0 Å². The highest BCUT2D eigenvalue weighted by atomic mass is 32.1. The molecule has 0 bridgehead atoms. The fourth-order valence-electron chi connectivity index (χ4n) is 1.34. The molecular weight excluding hydrogens is 242 g/mol. The summed E-state index contributed by atoms with van der Waals surface area (Å²) in [7, 11) is 0. The van der Waals surface area contributed by atoms with Gasteiger partial charge in [-0.3, -0.25) is 4.79 Å². The van der Waals surface area contributed by atoms with Crippen molar-refractivity contribution >= 4 is 28.3 Å². The van der Waals surface area contributed by atoms with Crippen molar-refractivity contribution in [3.63, 3.8) is 0 Å². The molecule has 0 spiro atoms. The van der Waals surface area contributed by atoms with E-state index in [4.69, 9.17) is 5.11 Å². The number of carbonyl (C=O) groups excluding carboxylic acids is 1. The van der Waals surface area contributed by atoms with Crippen LogP contribution in [0.4, 0.5) is 5.13 Å². The number of nitrogens with zero attached hydrogens (tertiary/aromatic N) is 2. The third-order valence-corrected chi connectivity index (χ3v) is 2.73. The first-order chi connectivity index (χ1) is 8.16. The lowest BCUT2D eigenvalue weighted by Gasteiger charge is -2.05. The van der Waals surface area contributed by atoms with Crippen LogP contribution in [-0.2, 0) is 11.3 Å². The van der Waals surface area contributed by atoms with Crippen molar-refractivity contribution in [1.29, 1.82) is 0 Å². The van der Waals surface area contributed by atoms with Gasteiger partial charge >= 0.3 is 5.97 Å². The minimum absolute atomic E-state index is 0.0474. The summed E-state index contributed by atoms with van der Waals surface area (Å²) in [6.07, 6.45) is 3.13. The van der Waals surface area contributed by atoms with Gasteiger partial charge in [0.1, 0.15) is 12.2 Å². The molecule has 88 valence electrons. The smallest absolute Gasteiger partial charge is 0.352 e. The Kier molecular flexibility index (Phi) is 3.20. The monoisotopic (exact) mass is 251 g/mol. The average molecular weight is 251 g/mol. The zero-order valence-electron chi connectivity index (χ0n) is 8.66. The van der Waals surface area contributed by atoms with Crippen LogP contribution >= 0.6 is 11.3 Å². The fraction of sp³-hybridized carbons (Fsp3) is 0.100. The van der Waals surface area contributed by atoms with E-state index in [9.17, 15) is 9.59 Å². The SMILES string of the molecule is O=C(Cn1cccc1C(=O)O)Nc1nccs1. The van der Waals surface area contributed by atoms with Crippen LogP contribution in [-0.4, -0.2) is 26.5 Å². The number of amides is 1. The fourth-order valence-corrected chi connectivity index (χ4v) is 1.89. The molecule has 2 N–H and O–H groups in total. The second-order valence-electron chi connectivity index (χ2n) is 3.21. The maximum absolute atomic E-state index is 11.6. The van der Waals surface area contributed by atoms with Crippen LogP contribution in [0.2, 0.25) is 0 Å². The lowest BCUT2D eigenvalue weighted by atomic mass is 10.4. The summed E-state index contributed by atoms with van der Waals surface area (Å²) < 4.78 is 1.37. The average Bonchev–Trinajstić information content (AvgIpc) is 2.88. The summed E-state index contributed by atoms with van der Waals surface area (Å²) in [6.45, 7) is -0.0474. The molecule has 2 aromatic rings. The van der Waals surface area contributed by atoms with Gasteiger partial charge in [-0.1, -0.05) is 0 Å². The Hall–Kier alpha value is -2.15. The highest BCUT2D eigenvalue weighted by molar-refractivity contribution is 7.13. The Morgan fingerprint density at radius 2 is 2.35 bits per heavy atom. The molecular formula is C10H9N3O3S. The van der Waals surface area contributed by atoms with Gasteiger partial charge in [0.05, 0.1) is 0 Å². The van der Waals surface area contributed by atoms with Crippen LogP contribution in [0.15, 0.2) is 29.9 Å². The Bertz CT molecular complexity index is 533. The van der Waals surface area contributed by atoms with Gasteiger partial charge in [-0.2, -0.15) is 0 Å². The molecule has 1 amide bonds. The highest BCUT2D eigenvalue weighted by Crippen LogP contribution is 2.10. The van der Waals surface area contributed by atoms with E-state index in [1.54, 1.807) is 23.8 Å². The Morgan fingerprint density at radius 1 is 1.53 bits per heavy atom. The number of carbonyl (C=O) groups is 2. The number of hydrogen-bond donors (Lipinski definition) is 2. The van der Waals surface area contributed by atoms with Gasteiger partial charge in [-0.05, 0) is 12.1 Å². The maximum Gasteiger partial charge on any atom is 0.352 e. The van der Waals surface area contributed by atoms with E-state index in [-0.39, 0.29) is 18.1 Å². The molecule has 6 nitrogen and oxygen atoms in total. The number of anilines is 1. The molecule has 0 radical (unpaired) electrons. The lowest BCUT2D eigenvalue weighted by molar-refractivity contribution is -0.116. The summed E-state index contributed by atoms with van der Waals surface area (Å²) in [5.41, 5.74) is 0.0827. The van der Waals surface area contributed by atoms with Crippen molar-refractivity contribution in [1.82, 2.24) is 9.55 Å². The summed E-state index contributed by atoms with van der Waals surface area (Å²) in [5, 5.41) is 13.7. The molecule has 2 heterocycles. The number of thiazole rings is 1. The van der Waals surface area contributed by atoms with E-state index in [0.717, 1.165) is 0 Å². The van der Waals surface area contributed by atoms with E-state index >= 15 is 0 Å². The van der Waals surface area contributed by atoms with Gasteiger partial charge < -0.3 is 15.0 Å². The normalized spacial score (nSPS) is 10.1. The second-order valence-corrected chi connectivity index (χ2v) is 4.11. The first-order valence-corrected chi connectivity index (χ1v) is 5.62. The standard InChI is InChI=1S/C10H9N3O3S/c14-8(12-10-11-3-5-17-10)6-13-4-1-2-7(13)9(15)16/h1-5H,6H2,(H,15,16)(H,11,12,14). The topological polar surface area (TPSA) is 84.2 Å². The number of aromatic carboxylic acids is 1. The number of carboxylic acids is 1. The predicted molar refractivity (Wildman–Crippen MR) is 62.1 cm³/mol. The molecule has 0 saturated carbocycles. The number of carboxylic acid groups (broad SMARTS) is 1. The second kappa shape index (κ2) is 4.79. The molecule has 0 unspecified atom stereocenters. The Balaban J connectivity index is 2.03. The number of aromatic nitrogens is 2. The van der Waals surface area contributed by atoms with E-state index < -0.39 is 5.97 Å². The van der Waals surface area contributed by atoms with Gasteiger partial charge in [0, 0.05) is 17.8 Å². The zero-order chi connectivity index (χ0) is 12.3. The van der Waals surface area contributed by atoms with E-state index in [2.05, 4.69) is 10.3 Å². The number of hydrogen-bond acceptors (Lipinski definition) is 4. The van der Waals surface area contributed by atoms with Gasteiger partial charge in [0.2, 0.25) is 5.91 Å². The first kappa shape index (κ1) is 11.3. The molecule has 0 aromatic carbocycles. The van der Waals surface area contributed by atoms with Gasteiger partial charge in [-0.15, -0.1) is 11.3 Å². The summed E-state index contributed by atoms with van der Waals surface area (Å²) >= 11 is 1.31. The Labute approximate surface area is 101 Å². The van der Waals surface area contributed by atoms with Crippen LogP contribution < -0.4 is 5.32 Å². The van der Waals surface area contributed by atoms with Crippen molar-refractivity contribution in [2.24, 2.45) is 0 Å². The van der Waals surface area contributed by atoms with Crippen molar-refractivity contribution in [2.75, 3.05) is 5.32 Å². The van der Waals surface area contributed by atoms with Crippen molar-refractivity contribution < 1.29 is 14.7 Å². The summed E-state index contributed by atoms with van der Waals surface area (Å²) in [5.74, 6) is -1.37. The largest absolute Gasteiger partial charge is 0.477 e. The van der Waals surface area contributed by atoms with Crippen molar-refractivity contribution in [3.8, 4) is 0 Å². The number of nitrogens with one attached hydrogen (secondary N) is 1. The molecule has 0 saturated heterocycles. The number of rotatable bonds is 4. The van der Waals surface area contributed by atoms with Crippen LogP contribution in [0, 0.1) is 0 Å². The predicted octanol–water partition coefficient (Wildman–Crippen LogP) is 1.28. The summed E-state index contributed by atoms with van der Waals surface area (Å²) in [6, 6.07) is 3.03. The van der Waals surface area contributed by atoms with Crippen LogP contribution in [0.1, 0.15) is 10.5 Å². The third kappa shape index (κ3) is 2.70. The molecule has 2 rings (SSSR count). The van der Waals surface area contributed by atoms with E-state index in [1.165, 1.54) is 22.0 Å². The van der Waals surface area contributed by atoms with Gasteiger partial charge in [0.15, 0.2) is 5.13 Å². The third-order valence-electron chi connectivity index (χ3n) is 2.04. The maximum atomic E-state index is 11.6. The van der Waals surface area contributed by atoms with Crippen molar-refractivity contribution in [3.05, 3.63) is 35.6 Å². The first-order valence-electron chi connectivity index (χ1n) is 4.74. The van der Waals surface area contributed by atoms with Gasteiger partial charge in [0.25, 0.3) is 0 Å². The quantitative estimate of drug-likeness (QED) is 0.857. The minimum atomic E-state index is -1.06. The molecule has 0 aliphatic carbocycles. The lowest BCUT2D eigenvalue weighted by Crippen LogP contribution is -2.20. The Morgan fingerprint density at radius 3 is 3.00 bits per heavy atom.